The number of aromatic nitrogens is 2. The number of anilines is 2. The van der Waals surface area contributed by atoms with Crippen LogP contribution in [0.25, 0.3) is 10.9 Å². The summed E-state index contributed by atoms with van der Waals surface area (Å²) in [5.74, 6) is 1.62. The highest BCUT2D eigenvalue weighted by molar-refractivity contribution is 5.94. The molecule has 0 unspecified atom stereocenters. The van der Waals surface area contributed by atoms with Crippen molar-refractivity contribution in [3.05, 3.63) is 90.3 Å². The van der Waals surface area contributed by atoms with E-state index < -0.39 is 0 Å². The molecule has 3 aromatic carbocycles. The lowest BCUT2D eigenvalue weighted by Gasteiger charge is -2.32. The fourth-order valence-electron chi connectivity index (χ4n) is 4.37. The molecule has 172 valence electrons. The maximum atomic E-state index is 13.1. The van der Waals surface area contributed by atoms with Crippen LogP contribution in [0.3, 0.4) is 0 Å². The summed E-state index contributed by atoms with van der Waals surface area (Å²) in [6, 6.07) is 23.9. The van der Waals surface area contributed by atoms with Gasteiger partial charge in [0.05, 0.1) is 11.2 Å². The van der Waals surface area contributed by atoms with Crippen LogP contribution in [0.1, 0.15) is 24.0 Å². The summed E-state index contributed by atoms with van der Waals surface area (Å²) in [5.41, 5.74) is 3.96. The molecule has 1 N–H and O–H groups in total. The first-order valence-corrected chi connectivity index (χ1v) is 11.7. The van der Waals surface area contributed by atoms with Gasteiger partial charge in [0, 0.05) is 24.4 Å². The van der Waals surface area contributed by atoms with Crippen molar-refractivity contribution >= 4 is 28.3 Å². The standard InChI is InChI=1S/C28H28N4O2/c1-20-10-12-21(13-11-20)18-34-26-9-5-4-8-25(26)31-28(33)22-14-16-32(17-15-22)27-23-6-2-3-7-24(23)29-19-30-27/h2-13,19,22H,14-18H2,1H3,(H,31,33). The lowest BCUT2D eigenvalue weighted by atomic mass is 9.95. The van der Waals surface area contributed by atoms with E-state index >= 15 is 0 Å². The van der Waals surface area contributed by atoms with E-state index in [1.165, 1.54) is 5.56 Å². The smallest absolute Gasteiger partial charge is 0.227 e. The summed E-state index contributed by atoms with van der Waals surface area (Å²) >= 11 is 0. The van der Waals surface area contributed by atoms with Crippen LogP contribution in [0.2, 0.25) is 0 Å². The number of piperidine rings is 1. The Labute approximate surface area is 199 Å². The van der Waals surface area contributed by atoms with Gasteiger partial charge in [-0.1, -0.05) is 54.1 Å². The Morgan fingerprint density at radius 1 is 0.971 bits per heavy atom. The lowest BCUT2D eigenvalue weighted by molar-refractivity contribution is -0.120. The first-order chi connectivity index (χ1) is 16.7. The second kappa shape index (κ2) is 9.91. The molecule has 1 saturated heterocycles. The molecule has 1 amide bonds. The number of ether oxygens (including phenoxy) is 1. The van der Waals surface area contributed by atoms with Gasteiger partial charge >= 0.3 is 0 Å². The van der Waals surface area contributed by atoms with Gasteiger partial charge in [-0.3, -0.25) is 4.79 Å². The Bertz CT molecular complexity index is 1280. The molecule has 1 fully saturated rings. The van der Waals surface area contributed by atoms with Gasteiger partial charge in [-0.25, -0.2) is 9.97 Å². The van der Waals surface area contributed by atoms with Crippen LogP contribution in [0, 0.1) is 12.8 Å². The molecule has 5 rings (SSSR count). The fraction of sp³-hybridized carbons (Fsp3) is 0.250. The Kier molecular flexibility index (Phi) is 6.38. The number of hydrogen-bond donors (Lipinski definition) is 1. The SMILES string of the molecule is Cc1ccc(COc2ccccc2NC(=O)C2CCN(c3ncnc4ccccc34)CC2)cc1. The third kappa shape index (κ3) is 4.86. The molecular weight excluding hydrogens is 424 g/mol. The number of carbonyl (C=O) groups excluding carboxylic acids is 1. The average molecular weight is 453 g/mol. The Morgan fingerprint density at radius 2 is 1.71 bits per heavy atom. The predicted molar refractivity (Wildman–Crippen MR) is 135 cm³/mol. The van der Waals surface area contributed by atoms with Crippen LogP contribution in [0.15, 0.2) is 79.1 Å². The largest absolute Gasteiger partial charge is 0.487 e. The number of carbonyl (C=O) groups is 1. The highest BCUT2D eigenvalue weighted by Crippen LogP contribution is 2.30. The molecule has 0 spiro atoms. The summed E-state index contributed by atoms with van der Waals surface area (Å²) in [5, 5.41) is 4.15. The third-order valence-corrected chi connectivity index (χ3v) is 6.35. The van der Waals surface area contributed by atoms with Gasteiger partial charge in [0.2, 0.25) is 5.91 Å². The molecule has 6 nitrogen and oxygen atoms in total. The van der Waals surface area contributed by atoms with E-state index in [4.69, 9.17) is 4.74 Å². The molecule has 1 aliphatic heterocycles. The first kappa shape index (κ1) is 21.9. The minimum atomic E-state index is -0.0468. The van der Waals surface area contributed by atoms with Crippen molar-refractivity contribution in [2.45, 2.75) is 26.4 Å². The van der Waals surface area contributed by atoms with E-state index in [1.54, 1.807) is 6.33 Å². The lowest BCUT2D eigenvalue weighted by Crippen LogP contribution is -2.38. The third-order valence-electron chi connectivity index (χ3n) is 6.35. The van der Waals surface area contributed by atoms with Crippen LogP contribution < -0.4 is 15.0 Å². The van der Waals surface area contributed by atoms with Crippen molar-refractivity contribution in [2.24, 2.45) is 5.92 Å². The summed E-state index contributed by atoms with van der Waals surface area (Å²) in [4.78, 5) is 24.2. The minimum Gasteiger partial charge on any atom is -0.487 e. The Balaban J connectivity index is 1.21. The van der Waals surface area contributed by atoms with Gasteiger partial charge in [0.25, 0.3) is 0 Å². The molecule has 0 atom stereocenters. The van der Waals surface area contributed by atoms with Crippen molar-refractivity contribution in [1.82, 2.24) is 9.97 Å². The molecule has 0 bridgehead atoms. The number of aryl methyl sites for hydroxylation is 1. The number of para-hydroxylation sites is 3. The maximum Gasteiger partial charge on any atom is 0.227 e. The molecule has 4 aromatic rings. The maximum absolute atomic E-state index is 13.1. The molecular formula is C28H28N4O2. The van der Waals surface area contributed by atoms with Gasteiger partial charge in [0.15, 0.2) is 0 Å². The highest BCUT2D eigenvalue weighted by atomic mass is 16.5. The van der Waals surface area contributed by atoms with Gasteiger partial charge in [0.1, 0.15) is 24.5 Å². The van der Waals surface area contributed by atoms with Gasteiger partial charge in [-0.15, -0.1) is 0 Å². The number of hydrogen-bond acceptors (Lipinski definition) is 5. The predicted octanol–water partition coefficient (Wildman–Crippen LogP) is 5.37. The number of nitrogens with zero attached hydrogens (tertiary/aromatic N) is 3. The normalized spacial score (nSPS) is 14.2. The second-order valence-electron chi connectivity index (χ2n) is 8.74. The average Bonchev–Trinajstić information content (AvgIpc) is 2.89. The zero-order chi connectivity index (χ0) is 23.3. The van der Waals surface area contributed by atoms with Crippen LogP contribution in [0.4, 0.5) is 11.5 Å². The fourth-order valence-corrected chi connectivity index (χ4v) is 4.37. The van der Waals surface area contributed by atoms with Gasteiger partial charge < -0.3 is 15.0 Å². The molecule has 34 heavy (non-hydrogen) atoms. The van der Waals surface area contributed by atoms with E-state index in [2.05, 4.69) is 57.4 Å². The minimum absolute atomic E-state index is 0.0404. The summed E-state index contributed by atoms with van der Waals surface area (Å²) in [6.07, 6.45) is 3.16. The molecule has 1 aromatic heterocycles. The van der Waals surface area contributed by atoms with Crippen molar-refractivity contribution in [3.8, 4) is 5.75 Å². The first-order valence-electron chi connectivity index (χ1n) is 11.7. The van der Waals surface area contributed by atoms with Crippen LogP contribution >= 0.6 is 0 Å². The van der Waals surface area contributed by atoms with Crippen LogP contribution in [-0.2, 0) is 11.4 Å². The molecule has 0 saturated carbocycles. The highest BCUT2D eigenvalue weighted by Gasteiger charge is 2.27. The number of amides is 1. The van der Waals surface area contributed by atoms with E-state index in [0.717, 1.165) is 48.2 Å². The van der Waals surface area contributed by atoms with Crippen LogP contribution in [-0.4, -0.2) is 29.0 Å². The summed E-state index contributed by atoms with van der Waals surface area (Å²) in [6.45, 7) is 4.09. The Hall–Kier alpha value is -3.93. The van der Waals surface area contributed by atoms with Crippen molar-refractivity contribution in [1.29, 1.82) is 0 Å². The molecule has 0 aliphatic carbocycles. The van der Waals surface area contributed by atoms with Crippen molar-refractivity contribution < 1.29 is 9.53 Å². The Morgan fingerprint density at radius 3 is 2.53 bits per heavy atom. The van der Waals surface area contributed by atoms with Crippen molar-refractivity contribution in [2.75, 3.05) is 23.3 Å². The number of rotatable bonds is 6. The van der Waals surface area contributed by atoms with Gasteiger partial charge in [-0.2, -0.15) is 0 Å². The van der Waals surface area contributed by atoms with E-state index in [-0.39, 0.29) is 11.8 Å². The topological polar surface area (TPSA) is 67.3 Å². The van der Waals surface area contributed by atoms with E-state index in [1.807, 2.05) is 42.5 Å². The molecule has 1 aliphatic rings. The van der Waals surface area contributed by atoms with E-state index in [0.29, 0.717) is 18.0 Å². The number of nitrogens with one attached hydrogen (secondary N) is 1. The van der Waals surface area contributed by atoms with E-state index in [9.17, 15) is 4.79 Å². The zero-order valence-corrected chi connectivity index (χ0v) is 19.3. The number of benzene rings is 3. The molecule has 6 heteroatoms. The zero-order valence-electron chi connectivity index (χ0n) is 19.3. The molecule has 0 radical (unpaired) electrons. The summed E-state index contributed by atoms with van der Waals surface area (Å²) < 4.78 is 6.03. The quantitative estimate of drug-likeness (QED) is 0.426. The van der Waals surface area contributed by atoms with Gasteiger partial charge in [-0.05, 0) is 49.6 Å². The van der Waals surface area contributed by atoms with Crippen molar-refractivity contribution in [3.63, 3.8) is 0 Å². The van der Waals surface area contributed by atoms with Crippen LogP contribution in [0.5, 0.6) is 5.75 Å². The number of fused-ring (bicyclic) bond motifs is 1. The monoisotopic (exact) mass is 452 g/mol. The summed E-state index contributed by atoms with van der Waals surface area (Å²) in [7, 11) is 0. The molecule has 2 heterocycles. The second-order valence-corrected chi connectivity index (χ2v) is 8.74.